The highest BCUT2D eigenvalue weighted by molar-refractivity contribution is 7.90. The molecule has 1 aromatic heterocycles. The number of nitrogens with zero attached hydrogens (tertiary/aromatic N) is 4. The van der Waals surface area contributed by atoms with Crippen molar-refractivity contribution in [1.29, 1.82) is 5.41 Å². The van der Waals surface area contributed by atoms with Crippen LogP contribution in [0, 0.1) is 5.41 Å². The van der Waals surface area contributed by atoms with Gasteiger partial charge in [0.25, 0.3) is 10.0 Å². The van der Waals surface area contributed by atoms with Crippen LogP contribution in [-0.2, 0) is 24.7 Å². The van der Waals surface area contributed by atoms with E-state index in [1.165, 1.54) is 12.4 Å². The fraction of sp³-hybridized carbons (Fsp3) is 0.455. The highest BCUT2D eigenvalue weighted by Crippen LogP contribution is 2.30. The summed E-state index contributed by atoms with van der Waals surface area (Å²) in [6, 6.07) is -2.45. The van der Waals surface area contributed by atoms with Gasteiger partial charge in [0, 0.05) is 18.9 Å². The van der Waals surface area contributed by atoms with E-state index >= 15 is 0 Å². The lowest BCUT2D eigenvalue weighted by atomic mass is 10.0. The van der Waals surface area contributed by atoms with Crippen molar-refractivity contribution in [2.75, 3.05) is 6.54 Å². The number of sulfonamides is 1. The summed E-state index contributed by atoms with van der Waals surface area (Å²) in [6.45, 7) is 0.0221. The number of nitrogens with one attached hydrogen (secondary N) is 2. The highest BCUT2D eigenvalue weighted by Gasteiger charge is 2.48. The summed E-state index contributed by atoms with van der Waals surface area (Å²) in [5, 5.41) is 8.14. The van der Waals surface area contributed by atoms with E-state index in [-0.39, 0.29) is 24.4 Å². The monoisotopic (exact) mass is 406 g/mol. The van der Waals surface area contributed by atoms with Crippen molar-refractivity contribution in [3.63, 3.8) is 0 Å². The molecule has 142 valence electrons. The summed E-state index contributed by atoms with van der Waals surface area (Å²) < 4.78 is 61.2. The molecule has 0 aliphatic carbocycles. The largest absolute Gasteiger partial charge is 0.418 e. The zero-order valence-corrected chi connectivity index (χ0v) is 14.6. The number of carbonyl (C=O) groups is 1. The summed E-state index contributed by atoms with van der Waals surface area (Å²) in [4.78, 5) is 20.7. The van der Waals surface area contributed by atoms with Crippen molar-refractivity contribution in [3.8, 4) is 0 Å². The maximum absolute atomic E-state index is 12.3. The van der Waals surface area contributed by atoms with Gasteiger partial charge in [0.15, 0.2) is 5.03 Å². The minimum absolute atomic E-state index is 0.0221. The van der Waals surface area contributed by atoms with Gasteiger partial charge in [-0.2, -0.15) is 21.9 Å². The lowest BCUT2D eigenvalue weighted by Crippen LogP contribution is -2.50. The van der Waals surface area contributed by atoms with Gasteiger partial charge in [-0.05, 0) is 12.8 Å². The number of piperidine rings is 1. The number of hydroxylamine groups is 2. The fourth-order valence-corrected chi connectivity index (χ4v) is 4.14. The van der Waals surface area contributed by atoms with Crippen LogP contribution in [0.5, 0.6) is 0 Å². The average Bonchev–Trinajstić information content (AvgIpc) is 2.79. The first-order chi connectivity index (χ1) is 12.1. The Labute approximate surface area is 148 Å². The van der Waals surface area contributed by atoms with Gasteiger partial charge in [-0.1, -0.05) is 0 Å². The van der Waals surface area contributed by atoms with Crippen molar-refractivity contribution in [2.24, 2.45) is 0 Å². The molecule has 2 bridgehead atoms. The molecule has 2 aliphatic rings. The second-order valence-electron chi connectivity index (χ2n) is 5.57. The molecular weight excluding hydrogens is 392 g/mol. The predicted octanol–water partition coefficient (Wildman–Crippen LogP) is -1.26. The van der Waals surface area contributed by atoms with Gasteiger partial charge in [0.1, 0.15) is 5.84 Å². The molecule has 0 radical (unpaired) electrons. The summed E-state index contributed by atoms with van der Waals surface area (Å²) in [6.07, 6.45) is 3.92. The molecule has 3 heterocycles. The highest BCUT2D eigenvalue weighted by atomic mass is 32.3. The van der Waals surface area contributed by atoms with Crippen LogP contribution in [0.3, 0.4) is 0 Å². The molecule has 0 saturated carbocycles. The summed E-state index contributed by atoms with van der Waals surface area (Å²) in [5.41, 5.74) is 0. The normalized spacial score (nSPS) is 23.2. The number of fused-ring (bicyclic) bond motifs is 2. The third-order valence-corrected chi connectivity index (χ3v) is 5.49. The number of urea groups is 1. The molecule has 2 saturated heterocycles. The molecule has 2 fully saturated rings. The topological polar surface area (TPSA) is 183 Å². The van der Waals surface area contributed by atoms with Gasteiger partial charge in [-0.3, -0.25) is 19.7 Å². The Morgan fingerprint density at radius 1 is 1.31 bits per heavy atom. The van der Waals surface area contributed by atoms with Gasteiger partial charge >= 0.3 is 16.4 Å². The lowest BCUT2D eigenvalue weighted by Gasteiger charge is -2.30. The average molecular weight is 406 g/mol. The van der Waals surface area contributed by atoms with Gasteiger partial charge < -0.3 is 4.90 Å². The van der Waals surface area contributed by atoms with Crippen molar-refractivity contribution in [2.45, 2.75) is 30.0 Å². The van der Waals surface area contributed by atoms with E-state index in [1.54, 1.807) is 0 Å². The number of aromatic nitrogens is 2. The van der Waals surface area contributed by atoms with E-state index in [1.807, 2.05) is 4.72 Å². The molecular formula is C11H14N6O7S2. The van der Waals surface area contributed by atoms with E-state index < -0.39 is 44.4 Å². The van der Waals surface area contributed by atoms with Crippen LogP contribution in [0.1, 0.15) is 12.8 Å². The van der Waals surface area contributed by atoms with Crippen LogP contribution in [0.4, 0.5) is 4.79 Å². The van der Waals surface area contributed by atoms with Gasteiger partial charge in [0.05, 0.1) is 18.3 Å². The first-order valence-corrected chi connectivity index (χ1v) is 10.1. The van der Waals surface area contributed by atoms with Crippen molar-refractivity contribution < 1.29 is 30.5 Å². The second-order valence-corrected chi connectivity index (χ2v) is 8.21. The van der Waals surface area contributed by atoms with Gasteiger partial charge in [0.2, 0.25) is 0 Å². The number of hydrogen-bond acceptors (Lipinski definition) is 9. The van der Waals surface area contributed by atoms with Crippen molar-refractivity contribution in [3.05, 3.63) is 18.6 Å². The summed E-state index contributed by atoms with van der Waals surface area (Å²) in [5.74, 6) is -0.476. The zero-order valence-electron chi connectivity index (χ0n) is 13.0. The Hall–Kier alpha value is -2.36. The number of amides is 2. The molecule has 26 heavy (non-hydrogen) atoms. The van der Waals surface area contributed by atoms with E-state index in [2.05, 4.69) is 14.3 Å². The Kier molecular flexibility index (Phi) is 4.55. The third-order valence-electron chi connectivity index (χ3n) is 3.89. The van der Waals surface area contributed by atoms with Crippen molar-refractivity contribution in [1.82, 2.24) is 24.7 Å². The molecule has 15 heteroatoms. The minimum Gasteiger partial charge on any atom is -0.310 e. The first-order valence-electron chi connectivity index (χ1n) is 7.22. The molecule has 13 nitrogen and oxygen atoms in total. The lowest BCUT2D eigenvalue weighted by molar-refractivity contribution is -0.0316. The molecule has 2 unspecified atom stereocenters. The summed E-state index contributed by atoms with van der Waals surface area (Å²) in [7, 11) is -9.04. The molecule has 2 amide bonds. The molecule has 2 aliphatic heterocycles. The predicted molar refractivity (Wildman–Crippen MR) is 83.5 cm³/mol. The molecule has 3 N–H and O–H groups in total. The van der Waals surface area contributed by atoms with E-state index in [4.69, 9.17) is 9.96 Å². The fourth-order valence-electron chi connectivity index (χ4n) is 2.82. The van der Waals surface area contributed by atoms with Crippen LogP contribution in [0.15, 0.2) is 23.6 Å². The van der Waals surface area contributed by atoms with Gasteiger partial charge in [-0.25, -0.2) is 9.78 Å². The Bertz CT molecular complexity index is 935. The standard InChI is InChI=1S/C11H14N6O7S2/c12-10(15-25(19,20)9-5-13-3-4-14-9)8-2-1-7-6-16(8)11(18)17(7)24-26(21,22)23/h3-5,7-8H,1-2,6H2,(H2,12,15)(H,21,22,23). The molecule has 1 aromatic rings. The Balaban J connectivity index is 1.75. The van der Waals surface area contributed by atoms with Crippen LogP contribution in [0.2, 0.25) is 0 Å². The Morgan fingerprint density at radius 3 is 2.65 bits per heavy atom. The maximum atomic E-state index is 12.3. The van der Waals surface area contributed by atoms with Crippen LogP contribution in [-0.4, -0.2) is 71.8 Å². The third kappa shape index (κ3) is 3.59. The molecule has 2 atom stereocenters. The maximum Gasteiger partial charge on any atom is 0.418 e. The first kappa shape index (κ1) is 18.4. The number of amidine groups is 1. The van der Waals surface area contributed by atoms with E-state index in [0.717, 1.165) is 11.1 Å². The Morgan fingerprint density at radius 2 is 2.04 bits per heavy atom. The van der Waals surface area contributed by atoms with Crippen molar-refractivity contribution >= 4 is 32.3 Å². The summed E-state index contributed by atoms with van der Waals surface area (Å²) >= 11 is 0. The smallest absolute Gasteiger partial charge is 0.310 e. The SMILES string of the molecule is N=C(NS(=O)(=O)c1cnccn1)C1CCC2CN1C(=O)N2OS(=O)(=O)O. The van der Waals surface area contributed by atoms with Crippen LogP contribution in [0.25, 0.3) is 0 Å². The minimum atomic E-state index is -4.88. The second kappa shape index (κ2) is 6.42. The molecule has 0 aromatic carbocycles. The van der Waals surface area contributed by atoms with Gasteiger partial charge in [-0.15, -0.1) is 4.28 Å². The number of hydrogen-bond donors (Lipinski definition) is 3. The van der Waals surface area contributed by atoms with Crippen LogP contribution < -0.4 is 4.72 Å². The van der Waals surface area contributed by atoms with E-state index in [9.17, 15) is 21.6 Å². The molecule has 3 rings (SSSR count). The quantitative estimate of drug-likeness (QED) is 0.305. The molecule has 0 spiro atoms. The number of rotatable bonds is 5. The van der Waals surface area contributed by atoms with Crippen LogP contribution >= 0.6 is 0 Å². The van der Waals surface area contributed by atoms with E-state index in [0.29, 0.717) is 5.06 Å². The zero-order chi connectivity index (χ0) is 19.1. The number of carbonyl (C=O) groups excluding carboxylic acids is 1.